The van der Waals surface area contributed by atoms with Crippen molar-refractivity contribution in [3.05, 3.63) is 23.8 Å². The first kappa shape index (κ1) is 46.8. The van der Waals surface area contributed by atoms with E-state index in [0.717, 1.165) is 78.6 Å². The Morgan fingerprint density at radius 1 is 0.420 bits per heavy atom. The standard InChI is InChI=1S/C47H89NO2/c1-37(2)17-11-19-39(5)21-13-23-41(7)25-15-27-43(9)31-33-49-46-30-29-45(36-48)47(35-46)50-34-32-44(10)28-16-26-42(8)24-14-22-40(6)20-12-18-38(3)4/h29-30,35,37-44H,11-28,31-34,36,48H2,1-10H3. The monoisotopic (exact) mass is 700 g/mol. The molecule has 6 atom stereocenters. The van der Waals surface area contributed by atoms with E-state index >= 15 is 0 Å². The Balaban J connectivity index is 2.22. The molecule has 1 aromatic rings. The third-order valence-corrected chi connectivity index (χ3v) is 11.5. The number of benzene rings is 1. The molecule has 0 spiro atoms. The zero-order valence-corrected chi connectivity index (χ0v) is 35.5. The first-order valence-electron chi connectivity index (χ1n) is 22.0. The third-order valence-electron chi connectivity index (χ3n) is 11.5. The zero-order valence-electron chi connectivity index (χ0n) is 35.5. The van der Waals surface area contributed by atoms with E-state index in [1.165, 1.54) is 116 Å². The van der Waals surface area contributed by atoms with Crippen LogP contribution in [0.1, 0.15) is 203 Å². The minimum Gasteiger partial charge on any atom is -0.493 e. The normalized spacial score (nSPS) is 15.6. The molecule has 0 saturated heterocycles. The average molecular weight is 700 g/mol. The van der Waals surface area contributed by atoms with E-state index in [-0.39, 0.29) is 0 Å². The summed E-state index contributed by atoms with van der Waals surface area (Å²) in [5.74, 6) is 8.37. The van der Waals surface area contributed by atoms with Crippen LogP contribution in [0.25, 0.3) is 0 Å². The summed E-state index contributed by atoms with van der Waals surface area (Å²) in [5.41, 5.74) is 7.13. The lowest BCUT2D eigenvalue weighted by molar-refractivity contribution is 0.261. The van der Waals surface area contributed by atoms with E-state index in [1.54, 1.807) is 0 Å². The summed E-state index contributed by atoms with van der Waals surface area (Å²) in [7, 11) is 0. The van der Waals surface area contributed by atoms with Crippen molar-refractivity contribution in [2.24, 2.45) is 53.1 Å². The van der Waals surface area contributed by atoms with E-state index in [9.17, 15) is 0 Å². The molecular formula is C47H89NO2. The quantitative estimate of drug-likeness (QED) is 0.0794. The fourth-order valence-corrected chi connectivity index (χ4v) is 7.55. The number of hydrogen-bond donors (Lipinski definition) is 1. The first-order valence-corrected chi connectivity index (χ1v) is 22.0. The van der Waals surface area contributed by atoms with Gasteiger partial charge in [0.15, 0.2) is 0 Å². The van der Waals surface area contributed by atoms with Gasteiger partial charge in [-0.25, -0.2) is 0 Å². The lowest BCUT2D eigenvalue weighted by atomic mass is 9.91. The maximum atomic E-state index is 6.29. The molecule has 0 aliphatic carbocycles. The molecule has 50 heavy (non-hydrogen) atoms. The van der Waals surface area contributed by atoms with E-state index in [4.69, 9.17) is 15.2 Å². The highest BCUT2D eigenvalue weighted by Crippen LogP contribution is 2.28. The van der Waals surface area contributed by atoms with E-state index in [0.29, 0.717) is 18.4 Å². The van der Waals surface area contributed by atoms with Gasteiger partial charge in [0.05, 0.1) is 13.2 Å². The van der Waals surface area contributed by atoms with Gasteiger partial charge < -0.3 is 15.2 Å². The van der Waals surface area contributed by atoms with Crippen LogP contribution in [0.4, 0.5) is 0 Å². The Morgan fingerprint density at radius 3 is 1.08 bits per heavy atom. The summed E-state index contributed by atoms with van der Waals surface area (Å²) in [5, 5.41) is 0. The molecule has 3 heteroatoms. The van der Waals surface area contributed by atoms with Crippen molar-refractivity contribution in [1.82, 2.24) is 0 Å². The van der Waals surface area contributed by atoms with Crippen molar-refractivity contribution < 1.29 is 9.47 Å². The van der Waals surface area contributed by atoms with Gasteiger partial charge in [-0.2, -0.15) is 0 Å². The predicted octanol–water partition coefficient (Wildman–Crippen LogP) is 14.8. The number of ether oxygens (including phenoxy) is 2. The highest BCUT2D eigenvalue weighted by Gasteiger charge is 2.12. The average Bonchev–Trinajstić information content (AvgIpc) is 3.04. The van der Waals surface area contributed by atoms with Gasteiger partial charge in [0.25, 0.3) is 0 Å². The minimum atomic E-state index is 0.493. The number of rotatable bonds is 33. The second-order valence-electron chi connectivity index (χ2n) is 18.3. The smallest absolute Gasteiger partial charge is 0.127 e. The Labute approximate surface area is 314 Å². The van der Waals surface area contributed by atoms with Crippen molar-refractivity contribution >= 4 is 0 Å². The van der Waals surface area contributed by atoms with Gasteiger partial charge in [-0.3, -0.25) is 0 Å². The summed E-state index contributed by atoms with van der Waals surface area (Å²) in [6.07, 6.45) is 27.0. The largest absolute Gasteiger partial charge is 0.493 e. The summed E-state index contributed by atoms with van der Waals surface area (Å²) in [4.78, 5) is 0. The molecular weight excluding hydrogens is 611 g/mol. The van der Waals surface area contributed by atoms with E-state index in [1.807, 2.05) is 0 Å². The van der Waals surface area contributed by atoms with Crippen molar-refractivity contribution in [1.29, 1.82) is 0 Å². The van der Waals surface area contributed by atoms with Gasteiger partial charge in [-0.1, -0.05) is 191 Å². The SMILES string of the molecule is CC(C)CCCC(C)CCCC(C)CCCC(C)CCOc1ccc(CN)c(OCCC(C)CCCC(C)CCCC(C)CCCC(C)C)c1. The van der Waals surface area contributed by atoms with Crippen molar-refractivity contribution in [3.63, 3.8) is 0 Å². The Kier molecular flexibility index (Phi) is 27.4. The summed E-state index contributed by atoms with van der Waals surface area (Å²) >= 11 is 0. The summed E-state index contributed by atoms with van der Waals surface area (Å²) < 4.78 is 12.5. The molecule has 6 unspecified atom stereocenters. The second kappa shape index (κ2) is 29.3. The maximum Gasteiger partial charge on any atom is 0.127 e. The molecule has 0 bridgehead atoms. The van der Waals surface area contributed by atoms with Crippen LogP contribution in [-0.2, 0) is 6.54 Å². The molecule has 294 valence electrons. The molecule has 0 aliphatic heterocycles. The highest BCUT2D eigenvalue weighted by molar-refractivity contribution is 5.40. The van der Waals surface area contributed by atoms with Crippen LogP contribution in [0.3, 0.4) is 0 Å². The van der Waals surface area contributed by atoms with Crippen molar-refractivity contribution in [3.8, 4) is 11.5 Å². The zero-order chi connectivity index (χ0) is 37.1. The van der Waals surface area contributed by atoms with E-state index in [2.05, 4.69) is 87.4 Å². The molecule has 0 aliphatic rings. The summed E-state index contributed by atoms with van der Waals surface area (Å²) in [6, 6.07) is 6.21. The van der Waals surface area contributed by atoms with Gasteiger partial charge in [0.2, 0.25) is 0 Å². The Hall–Kier alpha value is -1.22. The Morgan fingerprint density at radius 2 is 0.740 bits per heavy atom. The van der Waals surface area contributed by atoms with Crippen LogP contribution in [0.2, 0.25) is 0 Å². The fourth-order valence-electron chi connectivity index (χ4n) is 7.55. The highest BCUT2D eigenvalue weighted by atomic mass is 16.5. The molecule has 0 fully saturated rings. The van der Waals surface area contributed by atoms with Gasteiger partial charge in [0, 0.05) is 18.2 Å². The van der Waals surface area contributed by atoms with Gasteiger partial charge in [-0.15, -0.1) is 0 Å². The van der Waals surface area contributed by atoms with E-state index < -0.39 is 0 Å². The molecule has 0 heterocycles. The second-order valence-corrected chi connectivity index (χ2v) is 18.3. The van der Waals surface area contributed by atoms with Gasteiger partial charge in [0.1, 0.15) is 11.5 Å². The van der Waals surface area contributed by atoms with Crippen LogP contribution >= 0.6 is 0 Å². The molecule has 0 radical (unpaired) electrons. The number of nitrogens with two attached hydrogens (primary N) is 1. The predicted molar refractivity (Wildman–Crippen MR) is 222 cm³/mol. The molecule has 0 aromatic heterocycles. The Bertz CT molecular complexity index is 912. The van der Waals surface area contributed by atoms with Crippen LogP contribution < -0.4 is 15.2 Å². The topological polar surface area (TPSA) is 44.5 Å². The van der Waals surface area contributed by atoms with Crippen molar-refractivity contribution in [2.75, 3.05) is 13.2 Å². The minimum absolute atomic E-state index is 0.493. The lowest BCUT2D eigenvalue weighted by Gasteiger charge is -2.18. The molecule has 3 nitrogen and oxygen atoms in total. The van der Waals surface area contributed by atoms with Crippen LogP contribution in [0.15, 0.2) is 18.2 Å². The molecule has 2 N–H and O–H groups in total. The molecule has 1 rings (SSSR count). The molecule has 0 amide bonds. The van der Waals surface area contributed by atoms with Crippen LogP contribution in [0, 0.1) is 47.3 Å². The third kappa shape index (κ3) is 25.7. The molecule has 0 saturated carbocycles. The first-order chi connectivity index (χ1) is 23.9. The van der Waals surface area contributed by atoms with Gasteiger partial charge >= 0.3 is 0 Å². The van der Waals surface area contributed by atoms with Crippen molar-refractivity contribution in [2.45, 2.75) is 204 Å². The molecule has 1 aromatic carbocycles. The summed E-state index contributed by atoms with van der Waals surface area (Å²) in [6.45, 7) is 26.0. The lowest BCUT2D eigenvalue weighted by Crippen LogP contribution is -2.09. The van der Waals surface area contributed by atoms with Crippen LogP contribution in [-0.4, -0.2) is 13.2 Å². The maximum absolute atomic E-state index is 6.29. The fraction of sp³-hybridized carbons (Fsp3) is 0.872. The van der Waals surface area contributed by atoms with Crippen LogP contribution in [0.5, 0.6) is 11.5 Å². The van der Waals surface area contributed by atoms with Gasteiger partial charge in [-0.05, 0) is 66.3 Å². The number of hydrogen-bond acceptors (Lipinski definition) is 3.